The van der Waals surface area contributed by atoms with Gasteiger partial charge in [0.05, 0.1) is 12.3 Å². The molecule has 0 amide bonds. The average Bonchev–Trinajstić information content (AvgIpc) is 2.15. The van der Waals surface area contributed by atoms with E-state index >= 15 is 0 Å². The topological polar surface area (TPSA) is 62.4 Å². The molecule has 2 rings (SSSR count). The lowest BCUT2D eigenvalue weighted by molar-refractivity contribution is 0.283. The molecule has 0 radical (unpaired) electrons. The van der Waals surface area contributed by atoms with E-state index < -0.39 is 0 Å². The smallest absolute Gasteiger partial charge is 0.146 e. The van der Waals surface area contributed by atoms with Crippen LogP contribution in [-0.2, 0) is 0 Å². The summed E-state index contributed by atoms with van der Waals surface area (Å²) >= 11 is 0. The summed E-state index contributed by atoms with van der Waals surface area (Å²) in [7, 11) is 0. The van der Waals surface area contributed by atoms with E-state index in [-0.39, 0.29) is 6.61 Å². The van der Waals surface area contributed by atoms with E-state index in [9.17, 15) is 0 Å². The van der Waals surface area contributed by atoms with Gasteiger partial charge >= 0.3 is 0 Å². The largest absolute Gasteiger partial charge is 0.395 e. The fourth-order valence-corrected chi connectivity index (χ4v) is 1.96. The van der Waals surface area contributed by atoms with Gasteiger partial charge in [-0.2, -0.15) is 0 Å². The molecule has 0 atom stereocenters. The molecular formula is C11H17N3O. The SMILES string of the molecule is Nc1ncccc1N(CCO)C1CCC1. The van der Waals surface area contributed by atoms with Crippen molar-refractivity contribution in [2.45, 2.75) is 25.3 Å². The van der Waals surface area contributed by atoms with E-state index in [2.05, 4.69) is 9.88 Å². The number of nitrogens with two attached hydrogens (primary N) is 1. The lowest BCUT2D eigenvalue weighted by atomic mass is 9.91. The van der Waals surface area contributed by atoms with Crippen LogP contribution in [0.15, 0.2) is 18.3 Å². The van der Waals surface area contributed by atoms with Gasteiger partial charge in [0.1, 0.15) is 5.82 Å². The Hall–Kier alpha value is -1.29. The normalized spacial score (nSPS) is 16.1. The van der Waals surface area contributed by atoms with Crippen LogP contribution in [-0.4, -0.2) is 29.3 Å². The van der Waals surface area contributed by atoms with Crippen molar-refractivity contribution in [2.24, 2.45) is 0 Å². The number of aliphatic hydroxyl groups is 1. The van der Waals surface area contributed by atoms with Crippen molar-refractivity contribution >= 4 is 11.5 Å². The first-order valence-corrected chi connectivity index (χ1v) is 5.41. The molecule has 82 valence electrons. The fourth-order valence-electron chi connectivity index (χ4n) is 1.96. The number of hydrogen-bond acceptors (Lipinski definition) is 4. The molecule has 1 heterocycles. The molecule has 15 heavy (non-hydrogen) atoms. The zero-order valence-corrected chi connectivity index (χ0v) is 8.76. The highest BCUT2D eigenvalue weighted by atomic mass is 16.3. The molecule has 0 aliphatic heterocycles. The molecule has 4 heteroatoms. The molecule has 0 unspecified atom stereocenters. The Balaban J connectivity index is 2.19. The molecule has 1 aromatic rings. The second-order valence-electron chi connectivity index (χ2n) is 3.91. The van der Waals surface area contributed by atoms with Crippen molar-refractivity contribution in [1.29, 1.82) is 0 Å². The summed E-state index contributed by atoms with van der Waals surface area (Å²) in [5, 5.41) is 9.05. The van der Waals surface area contributed by atoms with Crippen LogP contribution < -0.4 is 10.6 Å². The minimum absolute atomic E-state index is 0.158. The molecule has 1 saturated carbocycles. The molecule has 3 N–H and O–H groups in total. The minimum atomic E-state index is 0.158. The van der Waals surface area contributed by atoms with Crippen molar-refractivity contribution in [3.8, 4) is 0 Å². The molecular weight excluding hydrogens is 190 g/mol. The lowest BCUT2D eigenvalue weighted by Crippen LogP contribution is -2.42. The van der Waals surface area contributed by atoms with E-state index in [1.165, 1.54) is 19.3 Å². The Morgan fingerprint density at radius 1 is 1.53 bits per heavy atom. The average molecular weight is 207 g/mol. The van der Waals surface area contributed by atoms with Crippen LogP contribution in [0.5, 0.6) is 0 Å². The number of pyridine rings is 1. The second-order valence-corrected chi connectivity index (χ2v) is 3.91. The van der Waals surface area contributed by atoms with E-state index in [1.807, 2.05) is 12.1 Å². The number of nitrogens with zero attached hydrogens (tertiary/aromatic N) is 2. The first-order valence-electron chi connectivity index (χ1n) is 5.41. The number of rotatable bonds is 4. The summed E-state index contributed by atoms with van der Waals surface area (Å²) in [6.07, 6.45) is 5.34. The highest BCUT2D eigenvalue weighted by molar-refractivity contribution is 5.63. The number of aliphatic hydroxyl groups excluding tert-OH is 1. The van der Waals surface area contributed by atoms with Gasteiger partial charge in [0, 0.05) is 18.8 Å². The molecule has 0 saturated heterocycles. The van der Waals surface area contributed by atoms with E-state index in [4.69, 9.17) is 10.8 Å². The van der Waals surface area contributed by atoms with Gasteiger partial charge in [0.25, 0.3) is 0 Å². The summed E-state index contributed by atoms with van der Waals surface area (Å²) < 4.78 is 0. The first-order chi connectivity index (χ1) is 7.33. The van der Waals surface area contributed by atoms with Gasteiger partial charge in [0.15, 0.2) is 0 Å². The Morgan fingerprint density at radius 2 is 2.33 bits per heavy atom. The van der Waals surface area contributed by atoms with Gasteiger partial charge < -0.3 is 15.7 Å². The Labute approximate surface area is 89.7 Å². The zero-order chi connectivity index (χ0) is 10.7. The number of nitrogen functional groups attached to an aromatic ring is 1. The molecule has 4 nitrogen and oxygen atoms in total. The maximum Gasteiger partial charge on any atom is 0.146 e. The van der Waals surface area contributed by atoms with E-state index in [1.54, 1.807) is 6.20 Å². The Morgan fingerprint density at radius 3 is 2.87 bits per heavy atom. The Bertz CT molecular complexity index is 325. The molecule has 0 aromatic carbocycles. The maximum absolute atomic E-state index is 9.05. The van der Waals surface area contributed by atoms with Crippen LogP contribution in [0.25, 0.3) is 0 Å². The molecule has 1 aliphatic carbocycles. The monoisotopic (exact) mass is 207 g/mol. The summed E-state index contributed by atoms with van der Waals surface area (Å²) in [5.74, 6) is 0.554. The number of hydrogen-bond donors (Lipinski definition) is 2. The van der Waals surface area contributed by atoms with Crippen LogP contribution in [0.1, 0.15) is 19.3 Å². The predicted molar refractivity (Wildman–Crippen MR) is 60.7 cm³/mol. The molecule has 1 fully saturated rings. The quantitative estimate of drug-likeness (QED) is 0.773. The van der Waals surface area contributed by atoms with Crippen LogP contribution in [0.2, 0.25) is 0 Å². The third-order valence-electron chi connectivity index (χ3n) is 2.98. The van der Waals surface area contributed by atoms with Crippen molar-refractivity contribution in [1.82, 2.24) is 4.98 Å². The van der Waals surface area contributed by atoms with Crippen LogP contribution in [0.4, 0.5) is 11.5 Å². The highest BCUT2D eigenvalue weighted by Gasteiger charge is 2.25. The highest BCUT2D eigenvalue weighted by Crippen LogP contribution is 2.31. The van der Waals surface area contributed by atoms with Crippen LogP contribution in [0, 0.1) is 0 Å². The maximum atomic E-state index is 9.05. The standard InChI is InChI=1S/C11H17N3O/c12-11-10(5-2-6-13-11)14(7-8-15)9-3-1-4-9/h2,5-6,9,15H,1,3-4,7-8H2,(H2,12,13). The van der Waals surface area contributed by atoms with Crippen molar-refractivity contribution in [3.63, 3.8) is 0 Å². The van der Waals surface area contributed by atoms with Gasteiger partial charge in [0.2, 0.25) is 0 Å². The van der Waals surface area contributed by atoms with Gasteiger partial charge in [-0.25, -0.2) is 4.98 Å². The van der Waals surface area contributed by atoms with Crippen LogP contribution >= 0.6 is 0 Å². The van der Waals surface area contributed by atoms with Crippen molar-refractivity contribution in [3.05, 3.63) is 18.3 Å². The predicted octanol–water partition coefficient (Wildman–Crippen LogP) is 1.02. The third-order valence-corrected chi connectivity index (χ3v) is 2.98. The van der Waals surface area contributed by atoms with Crippen molar-refractivity contribution in [2.75, 3.05) is 23.8 Å². The zero-order valence-electron chi connectivity index (χ0n) is 8.76. The number of aromatic nitrogens is 1. The summed E-state index contributed by atoms with van der Waals surface area (Å²) in [6.45, 7) is 0.797. The van der Waals surface area contributed by atoms with E-state index in [0.29, 0.717) is 18.4 Å². The minimum Gasteiger partial charge on any atom is -0.395 e. The third kappa shape index (κ3) is 2.04. The van der Waals surface area contributed by atoms with E-state index in [0.717, 1.165) is 5.69 Å². The lowest BCUT2D eigenvalue weighted by Gasteiger charge is -2.39. The van der Waals surface area contributed by atoms with Gasteiger partial charge in [-0.1, -0.05) is 0 Å². The van der Waals surface area contributed by atoms with Gasteiger partial charge in [-0.05, 0) is 31.4 Å². The number of anilines is 2. The van der Waals surface area contributed by atoms with Gasteiger partial charge in [-0.3, -0.25) is 0 Å². The summed E-state index contributed by atoms with van der Waals surface area (Å²) in [5.41, 5.74) is 6.79. The molecule has 1 aromatic heterocycles. The Kier molecular flexibility index (Phi) is 3.06. The summed E-state index contributed by atoms with van der Waals surface area (Å²) in [6, 6.07) is 4.38. The van der Waals surface area contributed by atoms with Gasteiger partial charge in [-0.15, -0.1) is 0 Å². The molecule has 1 aliphatic rings. The summed E-state index contributed by atoms with van der Waals surface area (Å²) in [4.78, 5) is 6.25. The first kappa shape index (κ1) is 10.2. The molecule has 0 spiro atoms. The fraction of sp³-hybridized carbons (Fsp3) is 0.545. The second kappa shape index (κ2) is 4.49. The molecule has 0 bridgehead atoms. The van der Waals surface area contributed by atoms with Crippen LogP contribution in [0.3, 0.4) is 0 Å². The van der Waals surface area contributed by atoms with Crippen molar-refractivity contribution < 1.29 is 5.11 Å².